The van der Waals surface area contributed by atoms with Gasteiger partial charge in [-0.2, -0.15) is 0 Å². The van der Waals surface area contributed by atoms with Crippen molar-refractivity contribution in [1.82, 2.24) is 4.90 Å². The van der Waals surface area contributed by atoms with Crippen molar-refractivity contribution in [2.24, 2.45) is 0 Å². The van der Waals surface area contributed by atoms with Gasteiger partial charge >= 0.3 is 5.97 Å². The van der Waals surface area contributed by atoms with E-state index in [1.54, 1.807) is 24.3 Å². The van der Waals surface area contributed by atoms with E-state index in [2.05, 4.69) is 4.90 Å². The van der Waals surface area contributed by atoms with E-state index in [0.717, 1.165) is 23.6 Å². The van der Waals surface area contributed by atoms with Crippen LogP contribution in [-0.4, -0.2) is 42.2 Å². The Bertz CT molecular complexity index is 740. The molecule has 0 spiro atoms. The Labute approximate surface area is 151 Å². The summed E-state index contributed by atoms with van der Waals surface area (Å²) < 4.78 is 23.5. The van der Waals surface area contributed by atoms with Gasteiger partial charge in [0.25, 0.3) is 0 Å². The van der Waals surface area contributed by atoms with Crippen molar-refractivity contribution in [1.29, 1.82) is 0 Å². The lowest BCUT2D eigenvalue weighted by atomic mass is 10.1. The van der Waals surface area contributed by atoms with Gasteiger partial charge in [-0.1, -0.05) is 24.4 Å². The molecule has 4 nitrogen and oxygen atoms in total. The molecule has 25 heavy (non-hydrogen) atoms. The van der Waals surface area contributed by atoms with Crippen LogP contribution in [0.5, 0.6) is 5.75 Å². The molecule has 2 aromatic carbocycles. The van der Waals surface area contributed by atoms with Crippen molar-refractivity contribution < 1.29 is 18.7 Å². The summed E-state index contributed by atoms with van der Waals surface area (Å²) in [5, 5.41) is 0. The topological polar surface area (TPSA) is 38.8 Å². The van der Waals surface area contributed by atoms with Crippen LogP contribution in [0, 0.1) is 5.82 Å². The van der Waals surface area contributed by atoms with Crippen molar-refractivity contribution in [3.05, 3.63) is 65.5 Å². The fourth-order valence-electron chi connectivity index (χ4n) is 2.55. The van der Waals surface area contributed by atoms with Gasteiger partial charge in [0, 0.05) is 18.7 Å². The smallest absolute Gasteiger partial charge is 0.315 e. The van der Waals surface area contributed by atoms with E-state index in [4.69, 9.17) is 21.7 Å². The van der Waals surface area contributed by atoms with Crippen molar-refractivity contribution in [2.75, 3.05) is 26.3 Å². The van der Waals surface area contributed by atoms with Crippen LogP contribution in [0.1, 0.15) is 11.1 Å². The number of hydrogen-bond acceptors (Lipinski definition) is 4. The lowest BCUT2D eigenvalue weighted by Gasteiger charge is -2.29. The van der Waals surface area contributed by atoms with E-state index in [1.807, 2.05) is 12.1 Å². The number of esters is 1. The van der Waals surface area contributed by atoms with Gasteiger partial charge in [-0.05, 0) is 42.0 Å². The Morgan fingerprint density at radius 3 is 2.36 bits per heavy atom. The molecule has 0 aliphatic carbocycles. The normalized spacial score (nSPS) is 14.2. The largest absolute Gasteiger partial charge is 0.426 e. The first-order valence-corrected chi connectivity index (χ1v) is 8.45. The van der Waals surface area contributed by atoms with Gasteiger partial charge in [0.2, 0.25) is 0 Å². The monoisotopic (exact) mass is 359 g/mol. The van der Waals surface area contributed by atoms with Crippen LogP contribution in [-0.2, 0) is 16.0 Å². The summed E-state index contributed by atoms with van der Waals surface area (Å²) in [6.45, 7) is 2.93. The third kappa shape index (κ3) is 4.84. The number of nitrogens with zero attached hydrogens (tertiary/aromatic N) is 1. The Balaban J connectivity index is 1.57. The molecular weight excluding hydrogens is 341 g/mol. The van der Waals surface area contributed by atoms with Crippen LogP contribution < -0.4 is 4.74 Å². The van der Waals surface area contributed by atoms with E-state index in [1.165, 1.54) is 12.1 Å². The van der Waals surface area contributed by atoms with Gasteiger partial charge < -0.3 is 14.4 Å². The molecule has 6 heteroatoms. The van der Waals surface area contributed by atoms with Crippen LogP contribution in [0.3, 0.4) is 0 Å². The van der Waals surface area contributed by atoms with Crippen molar-refractivity contribution >= 4 is 23.2 Å². The fraction of sp³-hybridized carbons (Fsp3) is 0.263. The Morgan fingerprint density at radius 1 is 1.08 bits per heavy atom. The minimum absolute atomic E-state index is 0.0915. The van der Waals surface area contributed by atoms with Crippen LogP contribution >= 0.6 is 12.2 Å². The summed E-state index contributed by atoms with van der Waals surface area (Å²) in [7, 11) is 0. The number of halogens is 1. The summed E-state index contributed by atoms with van der Waals surface area (Å²) in [5.74, 6) is -0.264. The molecular formula is C19H18FNO3S. The molecule has 1 saturated heterocycles. The van der Waals surface area contributed by atoms with Gasteiger partial charge in [-0.15, -0.1) is 0 Å². The highest BCUT2D eigenvalue weighted by atomic mass is 32.1. The van der Waals surface area contributed by atoms with Gasteiger partial charge in [-0.3, -0.25) is 4.79 Å². The first-order chi connectivity index (χ1) is 12.1. The summed E-state index contributed by atoms with van der Waals surface area (Å²) in [5.41, 5.74) is 1.62. The molecule has 2 aromatic rings. The van der Waals surface area contributed by atoms with Gasteiger partial charge in [0.05, 0.1) is 19.6 Å². The zero-order valence-electron chi connectivity index (χ0n) is 13.6. The molecule has 0 bridgehead atoms. The van der Waals surface area contributed by atoms with Gasteiger partial charge in [-0.25, -0.2) is 4.39 Å². The predicted molar refractivity (Wildman–Crippen MR) is 96.3 cm³/mol. The maximum absolute atomic E-state index is 12.9. The van der Waals surface area contributed by atoms with Gasteiger partial charge in [0.15, 0.2) is 0 Å². The average molecular weight is 359 g/mol. The Morgan fingerprint density at radius 2 is 1.72 bits per heavy atom. The highest BCUT2D eigenvalue weighted by molar-refractivity contribution is 7.80. The first-order valence-electron chi connectivity index (χ1n) is 8.04. The first kappa shape index (κ1) is 17.5. The molecule has 0 atom stereocenters. The number of benzene rings is 2. The van der Waals surface area contributed by atoms with Crippen molar-refractivity contribution in [3.8, 4) is 5.75 Å². The molecule has 0 amide bonds. The number of ether oxygens (including phenoxy) is 2. The fourth-order valence-corrected chi connectivity index (χ4v) is 2.87. The number of rotatable bonds is 4. The van der Waals surface area contributed by atoms with Crippen LogP contribution in [0.4, 0.5) is 4.39 Å². The molecule has 0 N–H and O–H groups in total. The number of morpholine rings is 1. The van der Waals surface area contributed by atoms with Crippen LogP contribution in [0.15, 0.2) is 48.5 Å². The summed E-state index contributed by atoms with van der Waals surface area (Å²) >= 11 is 5.50. The Kier molecular flexibility index (Phi) is 5.73. The van der Waals surface area contributed by atoms with Crippen molar-refractivity contribution in [3.63, 3.8) is 0 Å². The van der Waals surface area contributed by atoms with Crippen LogP contribution in [0.25, 0.3) is 0 Å². The molecule has 0 radical (unpaired) electrons. The van der Waals surface area contributed by atoms with E-state index in [0.29, 0.717) is 24.5 Å². The van der Waals surface area contributed by atoms with E-state index >= 15 is 0 Å². The summed E-state index contributed by atoms with van der Waals surface area (Å²) in [4.78, 5) is 14.8. The second-order valence-electron chi connectivity index (χ2n) is 5.71. The number of carbonyl (C=O) groups is 1. The molecule has 3 rings (SSSR count). The van der Waals surface area contributed by atoms with E-state index in [-0.39, 0.29) is 12.2 Å². The van der Waals surface area contributed by atoms with Crippen LogP contribution in [0.2, 0.25) is 0 Å². The molecule has 0 saturated carbocycles. The number of thiocarbonyl (C=S) groups is 1. The standard InChI is InChI=1S/C19H18FNO3S/c20-16-5-1-14(2-6-16)13-18(22)24-17-7-3-15(4-8-17)19(25)21-9-11-23-12-10-21/h1-8H,9-13H2. The molecule has 0 aromatic heterocycles. The number of carbonyl (C=O) groups excluding carboxylic acids is 1. The van der Waals surface area contributed by atoms with Gasteiger partial charge in [0.1, 0.15) is 16.6 Å². The molecule has 1 aliphatic heterocycles. The van der Waals surface area contributed by atoms with E-state index in [9.17, 15) is 9.18 Å². The minimum atomic E-state index is -0.393. The highest BCUT2D eigenvalue weighted by Gasteiger charge is 2.15. The second kappa shape index (κ2) is 8.18. The third-order valence-corrected chi connectivity index (χ3v) is 4.39. The lowest BCUT2D eigenvalue weighted by molar-refractivity contribution is -0.133. The van der Waals surface area contributed by atoms with Crippen molar-refractivity contribution in [2.45, 2.75) is 6.42 Å². The average Bonchev–Trinajstić information content (AvgIpc) is 2.64. The maximum atomic E-state index is 12.9. The molecule has 1 fully saturated rings. The zero-order valence-corrected chi connectivity index (χ0v) is 14.4. The maximum Gasteiger partial charge on any atom is 0.315 e. The molecule has 130 valence electrons. The number of hydrogen-bond donors (Lipinski definition) is 0. The molecule has 1 aliphatic rings. The lowest BCUT2D eigenvalue weighted by Crippen LogP contribution is -2.40. The Hall–Kier alpha value is -2.31. The highest BCUT2D eigenvalue weighted by Crippen LogP contribution is 2.16. The minimum Gasteiger partial charge on any atom is -0.426 e. The summed E-state index contributed by atoms with van der Waals surface area (Å²) in [6, 6.07) is 12.9. The zero-order chi connectivity index (χ0) is 17.6. The molecule has 0 unspecified atom stereocenters. The second-order valence-corrected chi connectivity index (χ2v) is 6.09. The molecule has 1 heterocycles. The quantitative estimate of drug-likeness (QED) is 0.477. The SMILES string of the molecule is O=C(Cc1ccc(F)cc1)Oc1ccc(C(=S)N2CCOCC2)cc1. The third-order valence-electron chi connectivity index (χ3n) is 3.89. The van der Waals surface area contributed by atoms with E-state index < -0.39 is 5.97 Å². The predicted octanol–water partition coefficient (Wildman–Crippen LogP) is 2.98. The summed E-state index contributed by atoms with van der Waals surface area (Å²) in [6.07, 6.45) is 0.0915.